The Hall–Kier alpha value is -1.72. The minimum Gasteiger partial charge on any atom is -0.305 e. The second kappa shape index (κ2) is 7.33. The SMILES string of the molecule is CCCC(NCc1cccc([N+](=O)[O-])c1C)c1cccs1. The molecule has 1 unspecified atom stereocenters. The summed E-state index contributed by atoms with van der Waals surface area (Å²) in [5, 5.41) is 16.6. The van der Waals surface area contributed by atoms with Crippen molar-refractivity contribution >= 4 is 17.0 Å². The van der Waals surface area contributed by atoms with Crippen LogP contribution in [-0.4, -0.2) is 4.92 Å². The molecule has 0 amide bonds. The smallest absolute Gasteiger partial charge is 0.272 e. The van der Waals surface area contributed by atoms with Gasteiger partial charge >= 0.3 is 0 Å². The molecule has 2 aromatic rings. The topological polar surface area (TPSA) is 55.2 Å². The van der Waals surface area contributed by atoms with Gasteiger partial charge in [0.25, 0.3) is 5.69 Å². The number of nitrogens with one attached hydrogen (secondary N) is 1. The summed E-state index contributed by atoms with van der Waals surface area (Å²) < 4.78 is 0. The van der Waals surface area contributed by atoms with Crippen molar-refractivity contribution in [3.63, 3.8) is 0 Å². The van der Waals surface area contributed by atoms with E-state index in [4.69, 9.17) is 0 Å². The van der Waals surface area contributed by atoms with Gasteiger partial charge in [0, 0.05) is 29.1 Å². The van der Waals surface area contributed by atoms with E-state index in [-0.39, 0.29) is 10.6 Å². The summed E-state index contributed by atoms with van der Waals surface area (Å²) in [6.45, 7) is 4.63. The van der Waals surface area contributed by atoms with E-state index >= 15 is 0 Å². The average Bonchev–Trinajstić information content (AvgIpc) is 2.98. The molecule has 0 fully saturated rings. The molecule has 21 heavy (non-hydrogen) atoms. The van der Waals surface area contributed by atoms with Crippen molar-refractivity contribution in [1.29, 1.82) is 0 Å². The molecule has 0 aliphatic heterocycles. The van der Waals surface area contributed by atoms with Gasteiger partial charge in [-0.15, -0.1) is 11.3 Å². The molecule has 0 spiro atoms. The van der Waals surface area contributed by atoms with E-state index in [9.17, 15) is 10.1 Å². The first-order chi connectivity index (χ1) is 10.1. The summed E-state index contributed by atoms with van der Waals surface area (Å²) in [7, 11) is 0. The highest BCUT2D eigenvalue weighted by atomic mass is 32.1. The number of rotatable bonds is 7. The zero-order valence-electron chi connectivity index (χ0n) is 12.3. The minimum atomic E-state index is -0.318. The van der Waals surface area contributed by atoms with Crippen molar-refractivity contribution < 1.29 is 4.92 Å². The third kappa shape index (κ3) is 3.89. The first-order valence-corrected chi connectivity index (χ1v) is 8.01. The van der Waals surface area contributed by atoms with Gasteiger partial charge in [-0.1, -0.05) is 31.5 Å². The Morgan fingerprint density at radius 2 is 2.14 bits per heavy atom. The Kier molecular flexibility index (Phi) is 5.47. The third-order valence-corrected chi connectivity index (χ3v) is 4.60. The lowest BCUT2D eigenvalue weighted by molar-refractivity contribution is -0.385. The van der Waals surface area contributed by atoms with Crippen LogP contribution in [0, 0.1) is 17.0 Å². The predicted molar refractivity (Wildman–Crippen MR) is 86.6 cm³/mol. The largest absolute Gasteiger partial charge is 0.305 e. The van der Waals surface area contributed by atoms with E-state index in [2.05, 4.69) is 29.8 Å². The summed E-state index contributed by atoms with van der Waals surface area (Å²) in [5.74, 6) is 0. The molecule has 0 bridgehead atoms. The van der Waals surface area contributed by atoms with Crippen molar-refractivity contribution in [2.24, 2.45) is 0 Å². The Morgan fingerprint density at radius 1 is 1.33 bits per heavy atom. The molecule has 0 saturated heterocycles. The molecule has 1 heterocycles. The highest BCUT2D eigenvalue weighted by molar-refractivity contribution is 7.10. The lowest BCUT2D eigenvalue weighted by Crippen LogP contribution is -2.20. The molecule has 5 heteroatoms. The molecule has 0 aliphatic carbocycles. The molecule has 1 aromatic heterocycles. The molecular weight excluding hydrogens is 284 g/mol. The fraction of sp³-hybridized carbons (Fsp3) is 0.375. The number of nitrogens with zero attached hydrogens (tertiary/aromatic N) is 1. The maximum absolute atomic E-state index is 11.0. The Labute approximate surface area is 129 Å². The maximum Gasteiger partial charge on any atom is 0.272 e. The predicted octanol–water partition coefficient (Wildman–Crippen LogP) is 4.60. The van der Waals surface area contributed by atoms with Gasteiger partial charge in [-0.2, -0.15) is 0 Å². The van der Waals surface area contributed by atoms with Gasteiger partial charge in [-0.05, 0) is 30.4 Å². The average molecular weight is 304 g/mol. The van der Waals surface area contributed by atoms with E-state index in [1.807, 2.05) is 13.0 Å². The van der Waals surface area contributed by atoms with Crippen molar-refractivity contribution in [2.45, 2.75) is 39.3 Å². The maximum atomic E-state index is 11.0. The monoisotopic (exact) mass is 304 g/mol. The van der Waals surface area contributed by atoms with Crippen molar-refractivity contribution in [3.8, 4) is 0 Å². The lowest BCUT2D eigenvalue weighted by Gasteiger charge is -2.17. The number of nitro groups is 1. The first-order valence-electron chi connectivity index (χ1n) is 7.13. The van der Waals surface area contributed by atoms with Crippen LogP contribution in [-0.2, 0) is 6.54 Å². The molecule has 0 aliphatic rings. The van der Waals surface area contributed by atoms with Crippen LogP contribution in [0.25, 0.3) is 0 Å². The zero-order valence-corrected chi connectivity index (χ0v) is 13.2. The van der Waals surface area contributed by atoms with Crippen LogP contribution >= 0.6 is 11.3 Å². The molecule has 112 valence electrons. The van der Waals surface area contributed by atoms with Crippen LogP contribution in [0.2, 0.25) is 0 Å². The van der Waals surface area contributed by atoms with E-state index < -0.39 is 0 Å². The van der Waals surface area contributed by atoms with Gasteiger partial charge in [0.1, 0.15) is 0 Å². The van der Waals surface area contributed by atoms with Crippen LogP contribution in [0.15, 0.2) is 35.7 Å². The summed E-state index contributed by atoms with van der Waals surface area (Å²) in [6, 6.07) is 9.77. The molecule has 4 nitrogen and oxygen atoms in total. The second-order valence-corrected chi connectivity index (χ2v) is 6.04. The fourth-order valence-corrected chi connectivity index (χ4v) is 3.25. The number of benzene rings is 1. The highest BCUT2D eigenvalue weighted by Gasteiger charge is 2.15. The van der Waals surface area contributed by atoms with Crippen LogP contribution in [0.4, 0.5) is 5.69 Å². The third-order valence-electron chi connectivity index (χ3n) is 3.62. The van der Waals surface area contributed by atoms with Crippen LogP contribution in [0.1, 0.15) is 41.8 Å². The minimum absolute atomic E-state index is 0.192. The Bertz CT molecular complexity index is 596. The number of thiophene rings is 1. The van der Waals surface area contributed by atoms with Gasteiger partial charge in [0.2, 0.25) is 0 Å². The fourth-order valence-electron chi connectivity index (χ4n) is 2.42. The summed E-state index contributed by atoms with van der Waals surface area (Å²) >= 11 is 1.75. The quantitative estimate of drug-likeness (QED) is 0.601. The summed E-state index contributed by atoms with van der Waals surface area (Å²) in [5.41, 5.74) is 1.93. The molecule has 2 rings (SSSR count). The van der Waals surface area contributed by atoms with Crippen molar-refractivity contribution in [2.75, 3.05) is 0 Å². The van der Waals surface area contributed by atoms with E-state index in [1.165, 1.54) is 4.88 Å². The van der Waals surface area contributed by atoms with Gasteiger partial charge in [-0.25, -0.2) is 0 Å². The van der Waals surface area contributed by atoms with Crippen LogP contribution in [0.5, 0.6) is 0 Å². The van der Waals surface area contributed by atoms with Crippen molar-refractivity contribution in [3.05, 3.63) is 61.8 Å². The molecular formula is C16H20N2O2S. The lowest BCUT2D eigenvalue weighted by atomic mass is 10.1. The van der Waals surface area contributed by atoms with Crippen molar-refractivity contribution in [1.82, 2.24) is 5.32 Å². The first kappa shape index (κ1) is 15.7. The summed E-state index contributed by atoms with van der Waals surface area (Å²) in [4.78, 5) is 12.0. The molecule has 1 N–H and O–H groups in total. The van der Waals surface area contributed by atoms with Gasteiger partial charge in [0.05, 0.1) is 4.92 Å². The van der Waals surface area contributed by atoms with E-state index in [0.29, 0.717) is 12.6 Å². The highest BCUT2D eigenvalue weighted by Crippen LogP contribution is 2.25. The Morgan fingerprint density at radius 3 is 2.76 bits per heavy atom. The van der Waals surface area contributed by atoms with E-state index in [1.54, 1.807) is 23.5 Å². The van der Waals surface area contributed by atoms with Crippen LogP contribution in [0.3, 0.4) is 0 Å². The summed E-state index contributed by atoms with van der Waals surface area (Å²) in [6.07, 6.45) is 2.16. The standard InChI is InChI=1S/C16H20N2O2S/c1-3-6-14(16-9-5-10-21-16)17-11-13-7-4-8-15(12(13)2)18(19)20/h4-5,7-10,14,17H,3,6,11H2,1-2H3. The molecule has 0 saturated carbocycles. The number of hydrogen-bond acceptors (Lipinski definition) is 4. The molecule has 0 radical (unpaired) electrons. The normalized spacial score (nSPS) is 12.3. The Balaban J connectivity index is 2.11. The van der Waals surface area contributed by atoms with Gasteiger partial charge in [-0.3, -0.25) is 10.1 Å². The van der Waals surface area contributed by atoms with Gasteiger partial charge < -0.3 is 5.32 Å². The number of nitro benzene ring substituents is 1. The van der Waals surface area contributed by atoms with E-state index in [0.717, 1.165) is 24.0 Å². The zero-order chi connectivity index (χ0) is 15.2. The molecule has 1 atom stereocenters. The number of hydrogen-bond donors (Lipinski definition) is 1. The molecule has 1 aromatic carbocycles. The van der Waals surface area contributed by atoms with Gasteiger partial charge in [0.15, 0.2) is 0 Å². The second-order valence-electron chi connectivity index (χ2n) is 5.06. The van der Waals surface area contributed by atoms with Crippen LogP contribution < -0.4 is 5.32 Å².